The van der Waals surface area contributed by atoms with Crippen LogP contribution in [0.25, 0.3) is 0 Å². The SMILES string of the molecule is CCOC(=O)CCN(C)C(=O)CCSc1ccc(Cl)cc1. The molecule has 1 rings (SSSR count). The first kappa shape index (κ1) is 17.9. The standard InChI is InChI=1S/C15H20ClNO3S/c1-3-20-15(19)8-10-17(2)14(18)9-11-21-13-6-4-12(16)5-7-13/h4-7H,3,8-11H2,1-2H3. The van der Waals surface area contributed by atoms with Gasteiger partial charge in [-0.05, 0) is 31.2 Å². The molecule has 0 aromatic heterocycles. The van der Waals surface area contributed by atoms with Crippen LogP contribution >= 0.6 is 23.4 Å². The van der Waals surface area contributed by atoms with Gasteiger partial charge in [0.25, 0.3) is 0 Å². The van der Waals surface area contributed by atoms with E-state index in [0.29, 0.717) is 30.3 Å². The number of amides is 1. The van der Waals surface area contributed by atoms with Gasteiger partial charge in [-0.25, -0.2) is 0 Å². The highest BCUT2D eigenvalue weighted by Crippen LogP contribution is 2.21. The molecule has 0 unspecified atom stereocenters. The summed E-state index contributed by atoms with van der Waals surface area (Å²) in [4.78, 5) is 25.8. The largest absolute Gasteiger partial charge is 0.466 e. The number of hydrogen-bond acceptors (Lipinski definition) is 4. The highest BCUT2D eigenvalue weighted by molar-refractivity contribution is 7.99. The maximum atomic E-state index is 11.9. The van der Waals surface area contributed by atoms with Crippen molar-refractivity contribution in [3.63, 3.8) is 0 Å². The van der Waals surface area contributed by atoms with E-state index in [1.54, 1.807) is 30.6 Å². The third-order valence-corrected chi connectivity index (χ3v) is 4.05. The number of halogens is 1. The van der Waals surface area contributed by atoms with Crippen LogP contribution in [0, 0.1) is 0 Å². The highest BCUT2D eigenvalue weighted by atomic mass is 35.5. The molecular formula is C15H20ClNO3S. The Morgan fingerprint density at radius 3 is 2.52 bits per heavy atom. The van der Waals surface area contributed by atoms with Crippen LogP contribution in [0.15, 0.2) is 29.2 Å². The summed E-state index contributed by atoms with van der Waals surface area (Å²) in [6.45, 7) is 2.53. The van der Waals surface area contributed by atoms with E-state index in [2.05, 4.69) is 0 Å². The first-order valence-corrected chi connectivity index (χ1v) is 8.17. The van der Waals surface area contributed by atoms with Gasteiger partial charge < -0.3 is 9.64 Å². The van der Waals surface area contributed by atoms with Gasteiger partial charge in [0, 0.05) is 35.7 Å². The lowest BCUT2D eigenvalue weighted by molar-refractivity contribution is -0.143. The second-order valence-electron chi connectivity index (χ2n) is 4.42. The van der Waals surface area contributed by atoms with E-state index in [0.717, 1.165) is 4.90 Å². The third-order valence-electron chi connectivity index (χ3n) is 2.78. The van der Waals surface area contributed by atoms with E-state index in [1.165, 1.54) is 0 Å². The summed E-state index contributed by atoms with van der Waals surface area (Å²) in [5.74, 6) is 0.456. The van der Waals surface area contributed by atoms with Gasteiger partial charge in [0.05, 0.1) is 13.0 Å². The molecule has 0 spiro atoms. The summed E-state index contributed by atoms with van der Waals surface area (Å²) in [7, 11) is 1.70. The maximum Gasteiger partial charge on any atom is 0.307 e. The predicted molar refractivity (Wildman–Crippen MR) is 85.7 cm³/mol. The minimum absolute atomic E-state index is 0.0285. The fraction of sp³-hybridized carbons (Fsp3) is 0.467. The molecule has 0 radical (unpaired) electrons. The molecule has 116 valence electrons. The fourth-order valence-corrected chi connectivity index (χ4v) is 2.56. The van der Waals surface area contributed by atoms with Crippen LogP contribution in [-0.2, 0) is 14.3 Å². The van der Waals surface area contributed by atoms with E-state index in [-0.39, 0.29) is 18.3 Å². The highest BCUT2D eigenvalue weighted by Gasteiger charge is 2.11. The number of esters is 1. The van der Waals surface area contributed by atoms with E-state index in [1.807, 2.05) is 24.3 Å². The van der Waals surface area contributed by atoms with Gasteiger partial charge in [0.15, 0.2) is 0 Å². The number of thioether (sulfide) groups is 1. The van der Waals surface area contributed by atoms with Crippen LogP contribution in [0.2, 0.25) is 5.02 Å². The van der Waals surface area contributed by atoms with E-state index in [4.69, 9.17) is 16.3 Å². The van der Waals surface area contributed by atoms with Gasteiger partial charge in [0.2, 0.25) is 5.91 Å². The molecular weight excluding hydrogens is 310 g/mol. The number of carbonyl (C=O) groups excluding carboxylic acids is 2. The summed E-state index contributed by atoms with van der Waals surface area (Å²) >= 11 is 7.42. The lowest BCUT2D eigenvalue weighted by Crippen LogP contribution is -2.29. The molecule has 0 N–H and O–H groups in total. The second kappa shape index (κ2) is 9.68. The van der Waals surface area contributed by atoms with Crippen molar-refractivity contribution in [2.45, 2.75) is 24.7 Å². The van der Waals surface area contributed by atoms with Crippen LogP contribution in [0.3, 0.4) is 0 Å². The molecule has 21 heavy (non-hydrogen) atoms. The van der Waals surface area contributed by atoms with Crippen LogP contribution in [0.5, 0.6) is 0 Å². The second-order valence-corrected chi connectivity index (χ2v) is 6.03. The summed E-state index contributed by atoms with van der Waals surface area (Å²) in [6.07, 6.45) is 0.674. The molecule has 0 aliphatic heterocycles. The van der Waals surface area contributed by atoms with Crippen molar-refractivity contribution in [3.8, 4) is 0 Å². The monoisotopic (exact) mass is 329 g/mol. The minimum Gasteiger partial charge on any atom is -0.466 e. The molecule has 4 nitrogen and oxygen atoms in total. The van der Waals surface area contributed by atoms with Crippen molar-refractivity contribution in [1.82, 2.24) is 4.90 Å². The van der Waals surface area contributed by atoms with Gasteiger partial charge in [0.1, 0.15) is 0 Å². The Morgan fingerprint density at radius 2 is 1.90 bits per heavy atom. The number of rotatable bonds is 8. The molecule has 0 atom stereocenters. The first-order valence-electron chi connectivity index (χ1n) is 6.81. The van der Waals surface area contributed by atoms with Crippen molar-refractivity contribution in [2.24, 2.45) is 0 Å². The van der Waals surface area contributed by atoms with Crippen molar-refractivity contribution in [2.75, 3.05) is 26.0 Å². The van der Waals surface area contributed by atoms with Crippen LogP contribution in [0.1, 0.15) is 19.8 Å². The number of ether oxygens (including phenoxy) is 1. The molecule has 1 aromatic carbocycles. The van der Waals surface area contributed by atoms with E-state index in [9.17, 15) is 9.59 Å². The zero-order chi connectivity index (χ0) is 15.7. The molecule has 0 aliphatic rings. The Morgan fingerprint density at radius 1 is 1.24 bits per heavy atom. The van der Waals surface area contributed by atoms with Gasteiger partial charge >= 0.3 is 5.97 Å². The van der Waals surface area contributed by atoms with Crippen molar-refractivity contribution < 1.29 is 14.3 Å². The molecule has 0 heterocycles. The topological polar surface area (TPSA) is 46.6 Å². The average Bonchev–Trinajstić information content (AvgIpc) is 2.47. The zero-order valence-electron chi connectivity index (χ0n) is 12.3. The molecule has 1 aromatic rings. The van der Waals surface area contributed by atoms with Gasteiger partial charge in [-0.2, -0.15) is 0 Å². The Kier molecular flexibility index (Phi) is 8.23. The molecule has 0 bridgehead atoms. The third kappa shape index (κ3) is 7.39. The van der Waals surface area contributed by atoms with Crippen molar-refractivity contribution in [1.29, 1.82) is 0 Å². The molecule has 0 fully saturated rings. The smallest absolute Gasteiger partial charge is 0.307 e. The van der Waals surface area contributed by atoms with Crippen LogP contribution in [-0.4, -0.2) is 42.7 Å². The lowest BCUT2D eigenvalue weighted by atomic mass is 10.3. The Bertz CT molecular complexity index is 464. The zero-order valence-corrected chi connectivity index (χ0v) is 13.9. The maximum absolute atomic E-state index is 11.9. The molecule has 0 aliphatic carbocycles. The Balaban J connectivity index is 2.23. The lowest BCUT2D eigenvalue weighted by Gasteiger charge is -2.16. The average molecular weight is 330 g/mol. The minimum atomic E-state index is -0.271. The molecule has 0 saturated carbocycles. The van der Waals surface area contributed by atoms with E-state index < -0.39 is 0 Å². The van der Waals surface area contributed by atoms with Crippen molar-refractivity contribution in [3.05, 3.63) is 29.3 Å². The molecule has 1 amide bonds. The first-order chi connectivity index (χ1) is 10.0. The summed E-state index contributed by atoms with van der Waals surface area (Å²) in [6, 6.07) is 7.53. The van der Waals surface area contributed by atoms with E-state index >= 15 is 0 Å². The van der Waals surface area contributed by atoms with Gasteiger partial charge in [-0.1, -0.05) is 11.6 Å². The van der Waals surface area contributed by atoms with Gasteiger partial charge in [-0.15, -0.1) is 11.8 Å². The Hall–Kier alpha value is -1.20. The fourth-order valence-electron chi connectivity index (χ4n) is 1.59. The molecule has 6 heteroatoms. The normalized spacial score (nSPS) is 10.2. The summed E-state index contributed by atoms with van der Waals surface area (Å²) in [5.41, 5.74) is 0. The number of hydrogen-bond donors (Lipinski definition) is 0. The summed E-state index contributed by atoms with van der Waals surface area (Å²) < 4.78 is 4.83. The van der Waals surface area contributed by atoms with Gasteiger partial charge in [-0.3, -0.25) is 9.59 Å². The quantitative estimate of drug-likeness (QED) is 0.542. The summed E-state index contributed by atoms with van der Waals surface area (Å²) in [5, 5.41) is 0.703. The number of carbonyl (C=O) groups is 2. The van der Waals surface area contributed by atoms with Crippen LogP contribution in [0.4, 0.5) is 0 Å². The van der Waals surface area contributed by atoms with Crippen molar-refractivity contribution >= 4 is 35.2 Å². The number of benzene rings is 1. The predicted octanol–water partition coefficient (Wildman–Crippen LogP) is 3.23. The Labute approximate surface area is 134 Å². The number of nitrogens with zero attached hydrogens (tertiary/aromatic N) is 1. The molecule has 0 saturated heterocycles. The van der Waals surface area contributed by atoms with Crippen LogP contribution < -0.4 is 0 Å².